The van der Waals surface area contributed by atoms with E-state index in [1.165, 1.54) is 4.90 Å². The molecule has 0 bridgehead atoms. The number of rotatable bonds is 4. The number of carbonyl (C=O) groups is 1. The van der Waals surface area contributed by atoms with Crippen LogP contribution in [0.5, 0.6) is 5.75 Å². The molecule has 7 nitrogen and oxygen atoms in total. The highest BCUT2D eigenvalue weighted by atomic mass is 19.4. The second-order valence-corrected chi connectivity index (χ2v) is 5.46. The van der Waals surface area contributed by atoms with Crippen LogP contribution in [0, 0.1) is 0 Å². The van der Waals surface area contributed by atoms with E-state index < -0.39 is 23.2 Å². The summed E-state index contributed by atoms with van der Waals surface area (Å²) < 4.78 is 45.0. The molecule has 2 heterocycles. The molecular formula is C15H13F3N4O3. The normalized spacial score (nSPS) is 13.6. The number of carbonyl (C=O) groups excluding carboxylic acids is 1. The first kappa shape index (κ1) is 16.8. The molecule has 0 saturated heterocycles. The van der Waals surface area contributed by atoms with E-state index >= 15 is 0 Å². The predicted molar refractivity (Wildman–Crippen MR) is 80.9 cm³/mol. The van der Waals surface area contributed by atoms with Gasteiger partial charge in [-0.1, -0.05) is 12.1 Å². The molecule has 0 fully saturated rings. The van der Waals surface area contributed by atoms with E-state index in [0.29, 0.717) is 11.3 Å². The average Bonchev–Trinajstić information content (AvgIpc) is 2.95. The molecule has 3 N–H and O–H groups in total. The number of ether oxygens (including phenoxy) is 1. The number of primary amides is 1. The van der Waals surface area contributed by atoms with Crippen molar-refractivity contribution in [3.63, 3.8) is 0 Å². The van der Waals surface area contributed by atoms with Crippen LogP contribution in [0.25, 0.3) is 0 Å². The Morgan fingerprint density at radius 2 is 2.12 bits per heavy atom. The Balaban J connectivity index is 1.96. The van der Waals surface area contributed by atoms with Crippen LogP contribution in [-0.4, -0.2) is 22.7 Å². The zero-order valence-corrected chi connectivity index (χ0v) is 12.8. The van der Waals surface area contributed by atoms with Gasteiger partial charge in [-0.15, -0.1) is 0 Å². The number of anilines is 1. The number of fused-ring (bicyclic) bond motifs is 1. The Morgan fingerprint density at radius 1 is 1.36 bits per heavy atom. The molecule has 1 aliphatic rings. The summed E-state index contributed by atoms with van der Waals surface area (Å²) in [6.07, 6.45) is -3.84. The van der Waals surface area contributed by atoms with Crippen molar-refractivity contribution >= 4 is 11.6 Å². The monoisotopic (exact) mass is 354 g/mol. The standard InChI is InChI=1S/C15H13F3N4O3/c16-15(17,18)13-10(4-20-21-14(13)24)22-5-8-2-1-3-11(9(8)6-22)25-7-12(19)23/h1-4H,5-7H2,(H2,19,23)(H,21,24). The van der Waals surface area contributed by atoms with Crippen LogP contribution < -0.4 is 20.9 Å². The van der Waals surface area contributed by atoms with E-state index in [-0.39, 0.29) is 25.4 Å². The van der Waals surface area contributed by atoms with Crippen LogP contribution in [0.2, 0.25) is 0 Å². The van der Waals surface area contributed by atoms with E-state index in [0.717, 1.165) is 11.8 Å². The lowest BCUT2D eigenvalue weighted by Crippen LogP contribution is -2.28. The van der Waals surface area contributed by atoms with Gasteiger partial charge in [0, 0.05) is 18.7 Å². The first-order valence-electron chi connectivity index (χ1n) is 7.19. The number of aromatic amines is 1. The van der Waals surface area contributed by atoms with Crippen molar-refractivity contribution in [1.29, 1.82) is 0 Å². The maximum absolute atomic E-state index is 13.2. The highest BCUT2D eigenvalue weighted by Crippen LogP contribution is 2.38. The largest absolute Gasteiger partial charge is 0.483 e. The molecule has 10 heteroatoms. The quantitative estimate of drug-likeness (QED) is 0.858. The van der Waals surface area contributed by atoms with Gasteiger partial charge in [0.15, 0.2) is 6.61 Å². The van der Waals surface area contributed by atoms with Crippen molar-refractivity contribution < 1.29 is 22.7 Å². The number of nitrogens with one attached hydrogen (secondary N) is 1. The predicted octanol–water partition coefficient (Wildman–Crippen LogP) is 1.17. The fourth-order valence-electron chi connectivity index (χ4n) is 2.75. The Labute approximate surface area is 139 Å². The van der Waals surface area contributed by atoms with Gasteiger partial charge in [0.05, 0.1) is 11.9 Å². The molecule has 1 aromatic carbocycles. The first-order valence-corrected chi connectivity index (χ1v) is 7.19. The SMILES string of the molecule is NC(=O)COc1cccc2c1CN(c1cn[nH]c(=O)c1C(F)(F)F)C2. The van der Waals surface area contributed by atoms with Gasteiger partial charge in [0.25, 0.3) is 11.5 Å². The number of alkyl halides is 3. The Morgan fingerprint density at radius 3 is 2.80 bits per heavy atom. The zero-order chi connectivity index (χ0) is 18.2. The highest BCUT2D eigenvalue weighted by Gasteiger charge is 2.39. The summed E-state index contributed by atoms with van der Waals surface area (Å²) in [5.74, 6) is -0.296. The van der Waals surface area contributed by atoms with Gasteiger partial charge in [-0.05, 0) is 11.6 Å². The van der Waals surface area contributed by atoms with Crippen LogP contribution in [0.3, 0.4) is 0 Å². The minimum Gasteiger partial charge on any atom is -0.483 e. The van der Waals surface area contributed by atoms with Crippen LogP contribution in [0.1, 0.15) is 16.7 Å². The van der Waals surface area contributed by atoms with Crippen molar-refractivity contribution in [3.8, 4) is 5.75 Å². The minimum atomic E-state index is -4.81. The molecule has 3 rings (SSSR count). The lowest BCUT2D eigenvalue weighted by Gasteiger charge is -2.21. The Kier molecular flexibility index (Phi) is 4.11. The van der Waals surface area contributed by atoms with Gasteiger partial charge in [-0.3, -0.25) is 9.59 Å². The summed E-state index contributed by atoms with van der Waals surface area (Å²) in [6.45, 7) is -0.105. The number of aromatic nitrogens is 2. The van der Waals surface area contributed by atoms with Crippen LogP contribution in [-0.2, 0) is 24.1 Å². The van der Waals surface area contributed by atoms with Crippen LogP contribution in [0.15, 0.2) is 29.2 Å². The Bertz CT molecular complexity index is 879. The number of nitrogens with two attached hydrogens (primary N) is 1. The lowest BCUT2D eigenvalue weighted by atomic mass is 10.1. The summed E-state index contributed by atoms with van der Waals surface area (Å²) in [7, 11) is 0. The number of hydrogen-bond acceptors (Lipinski definition) is 5. The number of amides is 1. The third kappa shape index (κ3) is 3.28. The van der Waals surface area contributed by atoms with E-state index in [1.807, 2.05) is 5.10 Å². The molecule has 0 radical (unpaired) electrons. The summed E-state index contributed by atoms with van der Waals surface area (Å²) in [6, 6.07) is 5.01. The van der Waals surface area contributed by atoms with Gasteiger partial charge < -0.3 is 15.4 Å². The minimum absolute atomic E-state index is 0.0818. The van der Waals surface area contributed by atoms with Crippen molar-refractivity contribution in [2.45, 2.75) is 19.3 Å². The van der Waals surface area contributed by atoms with Crippen molar-refractivity contribution in [2.75, 3.05) is 11.5 Å². The van der Waals surface area contributed by atoms with E-state index in [2.05, 4.69) is 5.10 Å². The van der Waals surface area contributed by atoms with Crippen LogP contribution in [0.4, 0.5) is 18.9 Å². The number of benzene rings is 1. The van der Waals surface area contributed by atoms with Gasteiger partial charge in [-0.2, -0.15) is 18.3 Å². The molecule has 0 saturated carbocycles. The molecule has 132 valence electrons. The summed E-state index contributed by atoms with van der Waals surface area (Å²) in [5.41, 5.74) is 3.50. The molecule has 0 atom stereocenters. The van der Waals surface area contributed by atoms with Crippen molar-refractivity contribution in [2.24, 2.45) is 5.73 Å². The second-order valence-electron chi connectivity index (χ2n) is 5.46. The number of halogens is 3. The fourth-order valence-corrected chi connectivity index (χ4v) is 2.75. The number of hydrogen-bond donors (Lipinski definition) is 2. The van der Waals surface area contributed by atoms with Crippen molar-refractivity contribution in [3.05, 3.63) is 51.4 Å². The van der Waals surface area contributed by atoms with Gasteiger partial charge in [0.1, 0.15) is 11.3 Å². The molecule has 25 heavy (non-hydrogen) atoms. The van der Waals surface area contributed by atoms with Crippen LogP contribution >= 0.6 is 0 Å². The maximum atomic E-state index is 13.2. The molecule has 1 aliphatic heterocycles. The maximum Gasteiger partial charge on any atom is 0.423 e. The van der Waals surface area contributed by atoms with Gasteiger partial charge in [0.2, 0.25) is 0 Å². The summed E-state index contributed by atoms with van der Waals surface area (Å²) in [5, 5.41) is 5.28. The molecular weight excluding hydrogens is 341 g/mol. The molecule has 1 aromatic heterocycles. The van der Waals surface area contributed by atoms with E-state index in [1.54, 1.807) is 18.2 Å². The van der Waals surface area contributed by atoms with Gasteiger partial charge >= 0.3 is 6.18 Å². The fraction of sp³-hybridized carbons (Fsp3) is 0.267. The second kappa shape index (κ2) is 6.11. The van der Waals surface area contributed by atoms with E-state index in [9.17, 15) is 22.8 Å². The smallest absolute Gasteiger partial charge is 0.423 e. The summed E-state index contributed by atoms with van der Waals surface area (Å²) >= 11 is 0. The molecule has 2 aromatic rings. The molecule has 0 spiro atoms. The zero-order valence-electron chi connectivity index (χ0n) is 12.8. The molecule has 0 unspecified atom stereocenters. The third-order valence-electron chi connectivity index (χ3n) is 3.77. The van der Waals surface area contributed by atoms with E-state index in [4.69, 9.17) is 10.5 Å². The number of H-pyrrole nitrogens is 1. The molecule has 1 amide bonds. The lowest BCUT2D eigenvalue weighted by molar-refractivity contribution is -0.138. The number of nitrogens with zero attached hydrogens (tertiary/aromatic N) is 2. The van der Waals surface area contributed by atoms with Crippen molar-refractivity contribution in [1.82, 2.24) is 10.2 Å². The molecule has 0 aliphatic carbocycles. The first-order chi connectivity index (χ1) is 11.8. The summed E-state index contributed by atoms with van der Waals surface area (Å²) in [4.78, 5) is 23.9. The Hall–Kier alpha value is -3.04. The van der Waals surface area contributed by atoms with Gasteiger partial charge in [-0.25, -0.2) is 5.10 Å². The average molecular weight is 354 g/mol. The highest BCUT2D eigenvalue weighted by molar-refractivity contribution is 5.75. The topological polar surface area (TPSA) is 101 Å². The third-order valence-corrected chi connectivity index (χ3v) is 3.77.